The molecule has 3 aromatic rings. The topological polar surface area (TPSA) is 73.1 Å². The van der Waals surface area contributed by atoms with E-state index in [1.165, 1.54) is 0 Å². The Morgan fingerprint density at radius 3 is 2.55 bits per heavy atom. The maximum absolute atomic E-state index is 12.9. The summed E-state index contributed by atoms with van der Waals surface area (Å²) >= 11 is 0. The molecule has 2 fully saturated rings. The van der Waals surface area contributed by atoms with E-state index in [0.29, 0.717) is 6.54 Å². The number of nitrogens with zero attached hydrogens (tertiary/aromatic N) is 3. The molecule has 164 valence electrons. The minimum absolute atomic E-state index is 0.165. The number of hydrazone groups is 1. The van der Waals surface area contributed by atoms with Crippen LogP contribution in [0.25, 0.3) is 10.9 Å². The highest BCUT2D eigenvalue weighted by molar-refractivity contribution is 6.07. The van der Waals surface area contributed by atoms with Gasteiger partial charge in [0.25, 0.3) is 11.8 Å². The zero-order valence-electron chi connectivity index (χ0n) is 17.8. The second kappa shape index (κ2) is 6.81. The van der Waals surface area contributed by atoms with E-state index in [1.54, 1.807) is 6.21 Å². The molecule has 2 bridgehead atoms. The summed E-state index contributed by atoms with van der Waals surface area (Å²) in [5.41, 5.74) is 3.00. The zero-order chi connectivity index (χ0) is 22.1. The molecule has 4 atom stereocenters. The monoisotopic (exact) mass is 439 g/mol. The van der Waals surface area contributed by atoms with Crippen molar-refractivity contribution in [1.82, 2.24) is 9.58 Å². The number of hydrogen-bond donors (Lipinski definition) is 0. The van der Waals surface area contributed by atoms with Crippen LogP contribution in [0.2, 0.25) is 0 Å². The molecular weight excluding hydrogens is 418 g/mol. The van der Waals surface area contributed by atoms with Gasteiger partial charge in [-0.05, 0) is 42.0 Å². The van der Waals surface area contributed by atoms with Crippen LogP contribution in [-0.2, 0) is 16.1 Å². The quantitative estimate of drug-likeness (QED) is 0.354. The van der Waals surface area contributed by atoms with Gasteiger partial charge in [-0.1, -0.05) is 36.4 Å². The van der Waals surface area contributed by atoms with Crippen LogP contribution in [0.4, 0.5) is 0 Å². The lowest BCUT2D eigenvalue weighted by Crippen LogP contribution is -2.28. The highest BCUT2D eigenvalue weighted by atomic mass is 16.7. The molecule has 1 aromatic heterocycles. The fourth-order valence-corrected chi connectivity index (χ4v) is 5.87. The predicted octanol–water partition coefficient (Wildman–Crippen LogP) is 3.56. The molecule has 0 unspecified atom stereocenters. The number of ether oxygens (including phenoxy) is 2. The highest BCUT2D eigenvalue weighted by Crippen LogP contribution is 2.52. The van der Waals surface area contributed by atoms with Crippen LogP contribution in [-0.4, -0.2) is 34.4 Å². The molecule has 2 amide bonds. The second-order valence-electron chi connectivity index (χ2n) is 9.15. The minimum Gasteiger partial charge on any atom is -0.454 e. The van der Waals surface area contributed by atoms with E-state index in [0.717, 1.165) is 45.0 Å². The van der Waals surface area contributed by atoms with E-state index in [1.807, 2.05) is 42.6 Å². The molecule has 33 heavy (non-hydrogen) atoms. The van der Waals surface area contributed by atoms with Gasteiger partial charge in [0.1, 0.15) is 0 Å². The first-order valence-electron chi connectivity index (χ1n) is 11.2. The Labute approximate surface area is 189 Å². The van der Waals surface area contributed by atoms with Gasteiger partial charge < -0.3 is 14.0 Å². The number of allylic oxidation sites excluding steroid dienone is 2. The smallest absolute Gasteiger partial charge is 0.254 e. The van der Waals surface area contributed by atoms with Crippen molar-refractivity contribution < 1.29 is 19.1 Å². The van der Waals surface area contributed by atoms with Crippen molar-refractivity contribution in [1.29, 1.82) is 0 Å². The average Bonchev–Trinajstić information content (AvgIpc) is 3.64. The van der Waals surface area contributed by atoms with Crippen LogP contribution in [0.1, 0.15) is 17.5 Å². The van der Waals surface area contributed by atoms with Crippen molar-refractivity contribution in [3.8, 4) is 11.5 Å². The predicted molar refractivity (Wildman–Crippen MR) is 121 cm³/mol. The number of imide groups is 1. The summed E-state index contributed by atoms with van der Waals surface area (Å²) in [6, 6.07) is 14.0. The number of benzene rings is 2. The van der Waals surface area contributed by atoms with Crippen LogP contribution in [0, 0.1) is 23.7 Å². The van der Waals surface area contributed by atoms with Crippen LogP contribution in [0.15, 0.2) is 65.9 Å². The molecule has 1 saturated heterocycles. The van der Waals surface area contributed by atoms with Gasteiger partial charge in [-0.3, -0.25) is 9.59 Å². The Hall–Kier alpha value is -3.87. The minimum atomic E-state index is -0.239. The SMILES string of the molecule is O=C1[C@@H]2[C@H](C(=O)N1N=Cc1cn(Cc3ccc4c(c3)OCO4)c3ccccc13)[C@H]1C=C[C@H]2C1. The molecule has 3 heterocycles. The molecule has 1 saturated carbocycles. The molecule has 2 aliphatic carbocycles. The number of carbonyl (C=O) groups excluding carboxylic acids is 2. The van der Waals surface area contributed by atoms with E-state index in [2.05, 4.69) is 27.9 Å². The van der Waals surface area contributed by atoms with E-state index in [4.69, 9.17) is 9.47 Å². The third kappa shape index (κ3) is 2.71. The molecule has 2 aromatic carbocycles. The van der Waals surface area contributed by atoms with Gasteiger partial charge in [-0.25, -0.2) is 0 Å². The van der Waals surface area contributed by atoms with Gasteiger partial charge in [0.2, 0.25) is 6.79 Å². The molecule has 4 aliphatic rings. The number of amides is 2. The lowest BCUT2D eigenvalue weighted by atomic mass is 9.85. The van der Waals surface area contributed by atoms with E-state index >= 15 is 0 Å². The summed E-state index contributed by atoms with van der Waals surface area (Å²) in [6.07, 6.45) is 8.75. The standard InChI is InChI=1S/C26H21N3O4/c30-25-23-16-6-7-17(10-16)24(23)26(31)29(25)27-11-18-13-28(20-4-2-1-3-19(18)20)12-15-5-8-21-22(9-15)33-14-32-21/h1-9,11,13,16-17,23-24H,10,12,14H2/t16-,17-,23-,24+/m0/s1. The fourth-order valence-electron chi connectivity index (χ4n) is 5.87. The van der Waals surface area contributed by atoms with E-state index in [-0.39, 0.29) is 42.3 Å². The van der Waals surface area contributed by atoms with Gasteiger partial charge in [0.05, 0.1) is 18.1 Å². The lowest BCUT2D eigenvalue weighted by molar-refractivity contribution is -0.140. The Morgan fingerprint density at radius 1 is 0.970 bits per heavy atom. The molecular formula is C26H21N3O4. The summed E-state index contributed by atoms with van der Waals surface area (Å²) in [7, 11) is 0. The zero-order valence-corrected chi connectivity index (χ0v) is 17.8. The number of hydrogen-bond acceptors (Lipinski definition) is 5. The first kappa shape index (κ1) is 18.7. The normalized spacial score (nSPS) is 27.0. The van der Waals surface area contributed by atoms with Gasteiger partial charge in [0, 0.05) is 29.2 Å². The Balaban J connectivity index is 1.20. The number of aromatic nitrogens is 1. The van der Waals surface area contributed by atoms with Crippen molar-refractivity contribution in [3.63, 3.8) is 0 Å². The third-order valence-electron chi connectivity index (χ3n) is 7.37. The van der Waals surface area contributed by atoms with Crippen LogP contribution >= 0.6 is 0 Å². The second-order valence-corrected chi connectivity index (χ2v) is 9.15. The summed E-state index contributed by atoms with van der Waals surface area (Å²) in [6.45, 7) is 0.894. The number of fused-ring (bicyclic) bond motifs is 7. The first-order valence-corrected chi connectivity index (χ1v) is 11.2. The lowest BCUT2D eigenvalue weighted by Gasteiger charge is -2.13. The Bertz CT molecular complexity index is 1360. The van der Waals surface area contributed by atoms with Crippen LogP contribution in [0.3, 0.4) is 0 Å². The van der Waals surface area contributed by atoms with Crippen molar-refractivity contribution in [2.45, 2.75) is 13.0 Å². The van der Waals surface area contributed by atoms with Crippen molar-refractivity contribution >= 4 is 28.9 Å². The van der Waals surface area contributed by atoms with E-state index < -0.39 is 0 Å². The van der Waals surface area contributed by atoms with Gasteiger partial charge in [-0.2, -0.15) is 10.1 Å². The molecule has 0 N–H and O–H groups in total. The van der Waals surface area contributed by atoms with Crippen LogP contribution < -0.4 is 9.47 Å². The number of para-hydroxylation sites is 1. The molecule has 7 heteroatoms. The molecule has 2 aliphatic heterocycles. The fraction of sp³-hybridized carbons (Fsp3) is 0.269. The van der Waals surface area contributed by atoms with Crippen molar-refractivity contribution in [3.05, 3.63) is 71.9 Å². The van der Waals surface area contributed by atoms with Crippen molar-refractivity contribution in [2.24, 2.45) is 28.8 Å². The maximum Gasteiger partial charge on any atom is 0.254 e. The molecule has 7 rings (SSSR count). The molecule has 0 radical (unpaired) electrons. The molecule has 0 spiro atoms. The largest absolute Gasteiger partial charge is 0.454 e. The summed E-state index contributed by atoms with van der Waals surface area (Å²) in [4.78, 5) is 25.9. The van der Waals surface area contributed by atoms with Gasteiger partial charge >= 0.3 is 0 Å². The summed E-state index contributed by atoms with van der Waals surface area (Å²) in [5, 5.41) is 6.50. The summed E-state index contributed by atoms with van der Waals surface area (Å²) < 4.78 is 13.1. The highest BCUT2D eigenvalue weighted by Gasteiger charge is 2.59. The van der Waals surface area contributed by atoms with Crippen molar-refractivity contribution in [2.75, 3.05) is 6.79 Å². The third-order valence-corrected chi connectivity index (χ3v) is 7.37. The summed E-state index contributed by atoms with van der Waals surface area (Å²) in [5.74, 6) is 1.07. The number of rotatable bonds is 4. The van der Waals surface area contributed by atoms with Gasteiger partial charge in [-0.15, -0.1) is 0 Å². The first-order chi connectivity index (χ1) is 16.2. The average molecular weight is 439 g/mol. The van der Waals surface area contributed by atoms with Crippen LogP contribution in [0.5, 0.6) is 11.5 Å². The molecule has 7 nitrogen and oxygen atoms in total. The number of carbonyl (C=O) groups is 2. The Kier molecular flexibility index (Phi) is 3.86. The Morgan fingerprint density at radius 2 is 1.73 bits per heavy atom. The maximum atomic E-state index is 12.9. The van der Waals surface area contributed by atoms with E-state index in [9.17, 15) is 9.59 Å². The van der Waals surface area contributed by atoms with Gasteiger partial charge in [0.15, 0.2) is 11.5 Å².